The van der Waals surface area contributed by atoms with Crippen LogP contribution in [0, 0.1) is 6.92 Å². The van der Waals surface area contributed by atoms with Gasteiger partial charge in [-0.25, -0.2) is 0 Å². The molecule has 0 radical (unpaired) electrons. The van der Waals surface area contributed by atoms with Crippen molar-refractivity contribution in [2.24, 2.45) is 5.73 Å². The molecule has 0 atom stereocenters. The van der Waals surface area contributed by atoms with Crippen LogP contribution in [0.2, 0.25) is 0 Å². The summed E-state index contributed by atoms with van der Waals surface area (Å²) >= 11 is 0. The SMILES string of the molecule is C=C.Cc1ccccc1CN. The summed E-state index contributed by atoms with van der Waals surface area (Å²) in [4.78, 5) is 0. The first kappa shape index (κ1) is 9.92. The van der Waals surface area contributed by atoms with Crippen molar-refractivity contribution in [3.8, 4) is 0 Å². The predicted molar refractivity (Wildman–Crippen MR) is 50.3 cm³/mol. The number of hydrogen-bond donors (Lipinski definition) is 1. The number of aryl methyl sites for hydroxylation is 1. The summed E-state index contributed by atoms with van der Waals surface area (Å²) in [6.45, 7) is 8.72. The molecule has 0 aliphatic carbocycles. The van der Waals surface area contributed by atoms with E-state index in [1.807, 2.05) is 12.1 Å². The monoisotopic (exact) mass is 149 g/mol. The highest BCUT2D eigenvalue weighted by molar-refractivity contribution is 5.24. The predicted octanol–water partition coefficient (Wildman–Crippen LogP) is 2.26. The van der Waals surface area contributed by atoms with E-state index in [-0.39, 0.29) is 0 Å². The molecular formula is C10H15N. The average molecular weight is 149 g/mol. The Morgan fingerprint density at radius 2 is 1.82 bits per heavy atom. The Bertz CT molecular complexity index is 206. The molecule has 1 aromatic carbocycles. The molecule has 2 N–H and O–H groups in total. The van der Waals surface area contributed by atoms with Gasteiger partial charge >= 0.3 is 0 Å². The Balaban J connectivity index is 0.000000461. The van der Waals surface area contributed by atoms with Crippen LogP contribution in [0.4, 0.5) is 0 Å². The molecule has 0 saturated heterocycles. The van der Waals surface area contributed by atoms with E-state index in [0.717, 1.165) is 0 Å². The molecule has 0 heterocycles. The molecule has 0 bridgehead atoms. The fraction of sp³-hybridized carbons (Fsp3) is 0.200. The second-order valence-corrected chi connectivity index (χ2v) is 2.13. The molecular weight excluding hydrogens is 134 g/mol. The first-order chi connectivity index (χ1) is 5.34. The van der Waals surface area contributed by atoms with Crippen molar-refractivity contribution >= 4 is 0 Å². The number of nitrogens with two attached hydrogens (primary N) is 1. The second kappa shape index (κ2) is 5.69. The van der Waals surface area contributed by atoms with E-state index in [1.54, 1.807) is 0 Å². The third-order valence-corrected chi connectivity index (χ3v) is 1.48. The molecule has 1 rings (SSSR count). The van der Waals surface area contributed by atoms with E-state index < -0.39 is 0 Å². The van der Waals surface area contributed by atoms with Crippen molar-refractivity contribution in [2.75, 3.05) is 0 Å². The standard InChI is InChI=1S/C8H11N.C2H4/c1-7-4-2-3-5-8(7)6-9;1-2/h2-5H,6,9H2,1H3;1-2H2. The molecule has 0 saturated carbocycles. The topological polar surface area (TPSA) is 26.0 Å². The van der Waals surface area contributed by atoms with Gasteiger partial charge in [-0.2, -0.15) is 0 Å². The van der Waals surface area contributed by atoms with Gasteiger partial charge in [-0.1, -0.05) is 24.3 Å². The maximum Gasteiger partial charge on any atom is 0.0180 e. The van der Waals surface area contributed by atoms with Crippen LogP contribution in [-0.2, 0) is 6.54 Å². The van der Waals surface area contributed by atoms with E-state index in [4.69, 9.17) is 5.73 Å². The zero-order chi connectivity index (χ0) is 8.69. The van der Waals surface area contributed by atoms with Crippen molar-refractivity contribution < 1.29 is 0 Å². The molecule has 0 amide bonds. The molecule has 0 fully saturated rings. The Labute approximate surface area is 68.5 Å². The van der Waals surface area contributed by atoms with E-state index in [1.165, 1.54) is 11.1 Å². The highest BCUT2D eigenvalue weighted by atomic mass is 14.5. The van der Waals surface area contributed by atoms with Crippen LogP contribution in [-0.4, -0.2) is 0 Å². The quantitative estimate of drug-likeness (QED) is 0.609. The molecule has 0 aliphatic heterocycles. The Kier molecular flexibility index (Phi) is 5.13. The van der Waals surface area contributed by atoms with Crippen LogP contribution in [0.25, 0.3) is 0 Å². The molecule has 0 spiro atoms. The lowest BCUT2D eigenvalue weighted by atomic mass is 10.1. The third-order valence-electron chi connectivity index (χ3n) is 1.48. The van der Waals surface area contributed by atoms with Crippen LogP contribution in [0.3, 0.4) is 0 Å². The first-order valence-corrected chi connectivity index (χ1v) is 3.59. The van der Waals surface area contributed by atoms with Crippen molar-refractivity contribution in [1.82, 2.24) is 0 Å². The molecule has 0 unspecified atom stereocenters. The van der Waals surface area contributed by atoms with Crippen LogP contribution < -0.4 is 5.73 Å². The molecule has 1 heteroatoms. The van der Waals surface area contributed by atoms with E-state index in [2.05, 4.69) is 32.2 Å². The lowest BCUT2D eigenvalue weighted by Gasteiger charge is -1.98. The van der Waals surface area contributed by atoms with Crippen molar-refractivity contribution in [2.45, 2.75) is 13.5 Å². The third kappa shape index (κ3) is 3.01. The van der Waals surface area contributed by atoms with Gasteiger partial charge in [0.15, 0.2) is 0 Å². The Morgan fingerprint density at radius 1 is 1.27 bits per heavy atom. The fourth-order valence-corrected chi connectivity index (χ4v) is 0.839. The normalized spacial score (nSPS) is 8.18. The Hall–Kier alpha value is -1.08. The summed E-state index contributed by atoms with van der Waals surface area (Å²) in [5.41, 5.74) is 7.96. The lowest BCUT2D eigenvalue weighted by molar-refractivity contribution is 1.05. The van der Waals surface area contributed by atoms with Crippen molar-refractivity contribution in [3.05, 3.63) is 48.6 Å². The number of benzene rings is 1. The van der Waals surface area contributed by atoms with Gasteiger partial charge in [-0.3, -0.25) is 0 Å². The van der Waals surface area contributed by atoms with Crippen LogP contribution >= 0.6 is 0 Å². The zero-order valence-corrected chi connectivity index (χ0v) is 7.01. The largest absolute Gasteiger partial charge is 0.326 e. The van der Waals surface area contributed by atoms with Crippen LogP contribution in [0.15, 0.2) is 37.4 Å². The molecule has 0 aromatic heterocycles. The Morgan fingerprint density at radius 3 is 2.18 bits per heavy atom. The number of hydrogen-bond acceptors (Lipinski definition) is 1. The van der Waals surface area contributed by atoms with Gasteiger partial charge in [0, 0.05) is 6.54 Å². The van der Waals surface area contributed by atoms with Crippen LogP contribution in [0.1, 0.15) is 11.1 Å². The highest BCUT2D eigenvalue weighted by Crippen LogP contribution is 2.04. The van der Waals surface area contributed by atoms with Gasteiger partial charge in [-0.05, 0) is 18.1 Å². The minimum Gasteiger partial charge on any atom is -0.326 e. The molecule has 1 aromatic rings. The van der Waals surface area contributed by atoms with Crippen molar-refractivity contribution in [3.63, 3.8) is 0 Å². The minimum atomic E-state index is 0.646. The molecule has 60 valence electrons. The lowest BCUT2D eigenvalue weighted by Crippen LogP contribution is -1.97. The summed E-state index contributed by atoms with van der Waals surface area (Å²) in [6, 6.07) is 8.15. The maximum absolute atomic E-state index is 5.45. The highest BCUT2D eigenvalue weighted by Gasteiger charge is 1.89. The van der Waals surface area contributed by atoms with Gasteiger partial charge in [0.2, 0.25) is 0 Å². The van der Waals surface area contributed by atoms with Gasteiger partial charge in [0.1, 0.15) is 0 Å². The van der Waals surface area contributed by atoms with E-state index in [9.17, 15) is 0 Å². The molecule has 0 aliphatic rings. The summed E-state index contributed by atoms with van der Waals surface area (Å²) in [5.74, 6) is 0. The maximum atomic E-state index is 5.45. The van der Waals surface area contributed by atoms with Gasteiger partial charge in [-0.15, -0.1) is 13.2 Å². The fourth-order valence-electron chi connectivity index (χ4n) is 0.839. The smallest absolute Gasteiger partial charge is 0.0180 e. The number of rotatable bonds is 1. The van der Waals surface area contributed by atoms with Gasteiger partial charge in [0.25, 0.3) is 0 Å². The first-order valence-electron chi connectivity index (χ1n) is 3.59. The average Bonchev–Trinajstić information content (AvgIpc) is 2.09. The zero-order valence-electron chi connectivity index (χ0n) is 7.01. The van der Waals surface area contributed by atoms with E-state index in [0.29, 0.717) is 6.54 Å². The summed E-state index contributed by atoms with van der Waals surface area (Å²) in [6.07, 6.45) is 0. The van der Waals surface area contributed by atoms with Crippen LogP contribution in [0.5, 0.6) is 0 Å². The van der Waals surface area contributed by atoms with Gasteiger partial charge < -0.3 is 5.73 Å². The molecule has 11 heavy (non-hydrogen) atoms. The van der Waals surface area contributed by atoms with Gasteiger partial charge in [0.05, 0.1) is 0 Å². The minimum absolute atomic E-state index is 0.646. The second-order valence-electron chi connectivity index (χ2n) is 2.13. The van der Waals surface area contributed by atoms with E-state index >= 15 is 0 Å². The summed E-state index contributed by atoms with van der Waals surface area (Å²) in [7, 11) is 0. The molecule has 1 nitrogen and oxygen atoms in total. The summed E-state index contributed by atoms with van der Waals surface area (Å²) < 4.78 is 0. The summed E-state index contributed by atoms with van der Waals surface area (Å²) in [5, 5.41) is 0. The van der Waals surface area contributed by atoms with Crippen molar-refractivity contribution in [1.29, 1.82) is 0 Å².